The molecule has 6 heteroatoms. The first-order valence-corrected chi connectivity index (χ1v) is 7.51. The summed E-state index contributed by atoms with van der Waals surface area (Å²) in [7, 11) is 1.80. The van der Waals surface area contributed by atoms with E-state index in [0.717, 1.165) is 17.0 Å². The maximum absolute atomic E-state index is 13.2. The fourth-order valence-corrected chi connectivity index (χ4v) is 3.06. The molecular weight excluding hydrogens is 316 g/mol. The van der Waals surface area contributed by atoms with E-state index >= 15 is 0 Å². The van der Waals surface area contributed by atoms with Gasteiger partial charge in [0, 0.05) is 17.0 Å². The van der Waals surface area contributed by atoms with Gasteiger partial charge in [0.25, 0.3) is 0 Å². The van der Waals surface area contributed by atoms with Crippen molar-refractivity contribution < 1.29 is 13.6 Å². The van der Waals surface area contributed by atoms with Gasteiger partial charge in [-0.3, -0.25) is 9.69 Å². The van der Waals surface area contributed by atoms with E-state index in [1.807, 2.05) is 11.0 Å². The molecule has 1 unspecified atom stereocenters. The molecule has 2 nitrogen and oxygen atoms in total. The van der Waals surface area contributed by atoms with Crippen LogP contribution in [0.4, 0.5) is 8.78 Å². The van der Waals surface area contributed by atoms with Gasteiger partial charge in [0.2, 0.25) is 0 Å². The Hall–Kier alpha value is -1.30. The van der Waals surface area contributed by atoms with E-state index in [0.29, 0.717) is 10.9 Å². The SMILES string of the molecule is CC(C(=O)c1ccc(F)c(F)c1)N(C)Cc1ccc(Cl)s1. The zero-order valence-electron chi connectivity index (χ0n) is 11.6. The summed E-state index contributed by atoms with van der Waals surface area (Å²) < 4.78 is 26.8. The highest BCUT2D eigenvalue weighted by Gasteiger charge is 2.21. The number of likely N-dealkylation sites (N-methyl/N-ethyl adjacent to an activating group) is 1. The minimum atomic E-state index is -1.01. The maximum Gasteiger partial charge on any atom is 0.179 e. The minimum Gasteiger partial charge on any atom is -0.292 e. The van der Waals surface area contributed by atoms with Gasteiger partial charge in [-0.05, 0) is 44.3 Å². The van der Waals surface area contributed by atoms with E-state index in [-0.39, 0.29) is 11.3 Å². The van der Waals surface area contributed by atoms with E-state index in [4.69, 9.17) is 11.6 Å². The second-order valence-corrected chi connectivity index (χ2v) is 6.59. The van der Waals surface area contributed by atoms with E-state index in [1.165, 1.54) is 17.4 Å². The van der Waals surface area contributed by atoms with E-state index in [1.54, 1.807) is 20.0 Å². The Balaban J connectivity index is 2.08. The monoisotopic (exact) mass is 329 g/mol. The number of carbonyl (C=O) groups is 1. The van der Waals surface area contributed by atoms with Crippen LogP contribution in [0.25, 0.3) is 0 Å². The first-order chi connectivity index (χ1) is 9.88. The number of nitrogens with zero attached hydrogens (tertiary/aromatic N) is 1. The summed E-state index contributed by atoms with van der Waals surface area (Å²) in [6.45, 7) is 2.30. The maximum atomic E-state index is 13.2. The van der Waals surface area contributed by atoms with Crippen molar-refractivity contribution in [3.63, 3.8) is 0 Å². The summed E-state index contributed by atoms with van der Waals surface area (Å²) in [6.07, 6.45) is 0. The smallest absolute Gasteiger partial charge is 0.179 e. The Labute approximate surface area is 131 Å². The molecule has 0 saturated carbocycles. The quantitative estimate of drug-likeness (QED) is 0.759. The van der Waals surface area contributed by atoms with Gasteiger partial charge in [-0.15, -0.1) is 11.3 Å². The third-order valence-corrected chi connectivity index (χ3v) is 4.49. The molecule has 0 bridgehead atoms. The number of ketones is 1. The lowest BCUT2D eigenvalue weighted by Crippen LogP contribution is -2.35. The lowest BCUT2D eigenvalue weighted by molar-refractivity contribution is 0.0862. The van der Waals surface area contributed by atoms with Gasteiger partial charge in [0.15, 0.2) is 17.4 Å². The number of halogens is 3. The van der Waals surface area contributed by atoms with Gasteiger partial charge in [0.1, 0.15) is 0 Å². The van der Waals surface area contributed by atoms with Crippen molar-refractivity contribution in [3.05, 3.63) is 56.7 Å². The first kappa shape index (κ1) is 16.1. The van der Waals surface area contributed by atoms with Crippen LogP contribution in [-0.4, -0.2) is 23.8 Å². The number of hydrogen-bond donors (Lipinski definition) is 0. The Bertz CT molecular complexity index is 659. The van der Waals surface area contributed by atoms with Gasteiger partial charge in [0.05, 0.1) is 10.4 Å². The summed E-state index contributed by atoms with van der Waals surface area (Å²) in [6, 6.07) is 6.46. The predicted octanol–water partition coefficient (Wildman–Crippen LogP) is 4.38. The van der Waals surface area contributed by atoms with Crippen molar-refractivity contribution in [2.45, 2.75) is 19.5 Å². The van der Waals surface area contributed by atoms with Crippen LogP contribution in [0.15, 0.2) is 30.3 Å². The highest BCUT2D eigenvalue weighted by molar-refractivity contribution is 7.16. The van der Waals surface area contributed by atoms with Crippen molar-refractivity contribution in [1.29, 1.82) is 0 Å². The average Bonchev–Trinajstić information content (AvgIpc) is 2.85. The number of rotatable bonds is 5. The van der Waals surface area contributed by atoms with Gasteiger partial charge in [-0.2, -0.15) is 0 Å². The molecular formula is C15H14ClF2NOS. The number of benzene rings is 1. The zero-order valence-corrected chi connectivity index (χ0v) is 13.1. The highest BCUT2D eigenvalue weighted by Crippen LogP contribution is 2.23. The molecule has 0 radical (unpaired) electrons. The number of carbonyl (C=O) groups excluding carboxylic acids is 1. The van der Waals surface area contributed by atoms with Crippen LogP contribution < -0.4 is 0 Å². The third-order valence-electron chi connectivity index (χ3n) is 3.28. The molecule has 0 aliphatic heterocycles. The van der Waals surface area contributed by atoms with Crippen LogP contribution in [0.1, 0.15) is 22.2 Å². The molecule has 0 fully saturated rings. The molecule has 21 heavy (non-hydrogen) atoms. The van der Waals surface area contributed by atoms with Crippen LogP contribution in [0.3, 0.4) is 0 Å². The Kier molecular flexibility index (Phi) is 5.08. The van der Waals surface area contributed by atoms with Crippen molar-refractivity contribution >= 4 is 28.7 Å². The molecule has 0 spiro atoms. The van der Waals surface area contributed by atoms with Gasteiger partial charge in [-0.1, -0.05) is 11.6 Å². The van der Waals surface area contributed by atoms with Crippen molar-refractivity contribution in [1.82, 2.24) is 4.90 Å². The molecule has 0 saturated heterocycles. The Morgan fingerprint density at radius 2 is 2.00 bits per heavy atom. The minimum absolute atomic E-state index is 0.164. The largest absolute Gasteiger partial charge is 0.292 e. The van der Waals surface area contributed by atoms with Crippen LogP contribution >= 0.6 is 22.9 Å². The number of hydrogen-bond acceptors (Lipinski definition) is 3. The average molecular weight is 330 g/mol. The molecule has 0 N–H and O–H groups in total. The summed E-state index contributed by atoms with van der Waals surface area (Å²) >= 11 is 7.32. The fourth-order valence-electron chi connectivity index (χ4n) is 1.91. The fraction of sp³-hybridized carbons (Fsp3) is 0.267. The van der Waals surface area contributed by atoms with Crippen molar-refractivity contribution in [3.8, 4) is 0 Å². The second-order valence-electron chi connectivity index (χ2n) is 4.79. The van der Waals surface area contributed by atoms with Gasteiger partial charge < -0.3 is 0 Å². The van der Waals surface area contributed by atoms with Crippen molar-refractivity contribution in [2.75, 3.05) is 7.05 Å². The molecule has 1 heterocycles. The molecule has 0 amide bonds. The van der Waals surface area contributed by atoms with Crippen LogP contribution in [0, 0.1) is 11.6 Å². The summed E-state index contributed by atoms with van der Waals surface area (Å²) in [5.41, 5.74) is 0.164. The topological polar surface area (TPSA) is 20.3 Å². The summed E-state index contributed by atoms with van der Waals surface area (Å²) in [5.74, 6) is -2.22. The predicted molar refractivity (Wildman–Crippen MR) is 80.9 cm³/mol. The first-order valence-electron chi connectivity index (χ1n) is 6.32. The van der Waals surface area contributed by atoms with E-state index in [2.05, 4.69) is 0 Å². The summed E-state index contributed by atoms with van der Waals surface area (Å²) in [4.78, 5) is 15.2. The van der Waals surface area contributed by atoms with E-state index in [9.17, 15) is 13.6 Å². The normalized spacial score (nSPS) is 12.7. The van der Waals surface area contributed by atoms with E-state index < -0.39 is 17.7 Å². The number of Topliss-reactive ketones (excluding diaryl/α,β-unsaturated/α-hetero) is 1. The van der Waals surface area contributed by atoms with Crippen molar-refractivity contribution in [2.24, 2.45) is 0 Å². The Morgan fingerprint density at radius 1 is 1.29 bits per heavy atom. The molecule has 112 valence electrons. The molecule has 1 aromatic heterocycles. The molecule has 0 aliphatic carbocycles. The number of thiophene rings is 1. The highest BCUT2D eigenvalue weighted by atomic mass is 35.5. The standard InChI is InChI=1S/C15H14ClF2NOS/c1-9(19(2)8-11-4-6-14(16)21-11)15(20)10-3-5-12(17)13(18)7-10/h3-7,9H,8H2,1-2H3. The lowest BCUT2D eigenvalue weighted by Gasteiger charge is -2.23. The molecule has 1 aromatic carbocycles. The van der Waals surface area contributed by atoms with Crippen LogP contribution in [0.5, 0.6) is 0 Å². The van der Waals surface area contributed by atoms with Gasteiger partial charge >= 0.3 is 0 Å². The molecule has 2 aromatic rings. The lowest BCUT2D eigenvalue weighted by atomic mass is 10.0. The van der Waals surface area contributed by atoms with Gasteiger partial charge in [-0.25, -0.2) is 8.78 Å². The summed E-state index contributed by atoms with van der Waals surface area (Å²) in [5, 5.41) is 0. The zero-order chi connectivity index (χ0) is 15.6. The van der Waals surface area contributed by atoms with Crippen LogP contribution in [0.2, 0.25) is 4.34 Å². The molecule has 1 atom stereocenters. The second kappa shape index (κ2) is 6.64. The molecule has 2 rings (SSSR count). The molecule has 0 aliphatic rings. The Morgan fingerprint density at radius 3 is 2.57 bits per heavy atom. The third kappa shape index (κ3) is 3.87. The van der Waals surface area contributed by atoms with Crippen LogP contribution in [-0.2, 0) is 6.54 Å².